The van der Waals surface area contributed by atoms with Gasteiger partial charge in [0.2, 0.25) is 0 Å². The van der Waals surface area contributed by atoms with Crippen molar-refractivity contribution in [1.29, 1.82) is 0 Å². The monoisotopic (exact) mass is 273 g/mol. The zero-order chi connectivity index (χ0) is 13.4. The summed E-state index contributed by atoms with van der Waals surface area (Å²) in [7, 11) is 0. The van der Waals surface area contributed by atoms with Crippen LogP contribution in [0.5, 0.6) is 0 Å². The van der Waals surface area contributed by atoms with Crippen LogP contribution in [0.2, 0.25) is 5.02 Å². The summed E-state index contributed by atoms with van der Waals surface area (Å²) in [5.74, 6) is 0. The number of nitrogens with two attached hydrogens (primary N) is 1. The second-order valence-corrected chi connectivity index (χ2v) is 5.36. The lowest BCUT2D eigenvalue weighted by Gasteiger charge is -2.13. The fourth-order valence-corrected chi connectivity index (χ4v) is 2.74. The number of nitrogen functional groups attached to an aromatic ring is 1. The van der Waals surface area contributed by atoms with Crippen molar-refractivity contribution in [3.63, 3.8) is 0 Å². The number of aryl methyl sites for hydroxylation is 2. The lowest BCUT2D eigenvalue weighted by Crippen LogP contribution is -1.99. The smallest absolute Gasteiger partial charge is 0.0661 e. The van der Waals surface area contributed by atoms with Crippen LogP contribution < -0.4 is 11.1 Å². The third-order valence-corrected chi connectivity index (χ3v) is 3.92. The fourth-order valence-electron chi connectivity index (χ4n) is 2.52. The van der Waals surface area contributed by atoms with Gasteiger partial charge in [-0.3, -0.25) is 4.98 Å². The third kappa shape index (κ3) is 2.26. The summed E-state index contributed by atoms with van der Waals surface area (Å²) in [6, 6.07) is 5.78. The summed E-state index contributed by atoms with van der Waals surface area (Å²) in [6.45, 7) is 1.98. The van der Waals surface area contributed by atoms with Crippen LogP contribution in [-0.4, -0.2) is 4.98 Å². The van der Waals surface area contributed by atoms with E-state index in [0.717, 1.165) is 35.5 Å². The van der Waals surface area contributed by atoms with Gasteiger partial charge < -0.3 is 11.1 Å². The highest BCUT2D eigenvalue weighted by Crippen LogP contribution is 2.33. The molecule has 0 amide bonds. The van der Waals surface area contributed by atoms with Gasteiger partial charge in [-0.2, -0.15) is 0 Å². The number of halogens is 1. The van der Waals surface area contributed by atoms with Gasteiger partial charge in [0, 0.05) is 23.3 Å². The molecule has 0 unspecified atom stereocenters. The average Bonchev–Trinajstić information content (AvgIpc) is 2.85. The maximum Gasteiger partial charge on any atom is 0.0661 e. The number of benzene rings is 1. The molecule has 0 aliphatic heterocycles. The van der Waals surface area contributed by atoms with E-state index >= 15 is 0 Å². The van der Waals surface area contributed by atoms with Crippen LogP contribution in [0.1, 0.15) is 23.2 Å². The molecule has 1 aliphatic rings. The van der Waals surface area contributed by atoms with Gasteiger partial charge in [-0.15, -0.1) is 0 Å². The van der Waals surface area contributed by atoms with E-state index < -0.39 is 0 Å². The number of hydrogen-bond acceptors (Lipinski definition) is 3. The lowest BCUT2D eigenvalue weighted by molar-refractivity contribution is 0.899. The number of nitrogens with zero attached hydrogens (tertiary/aromatic N) is 1. The quantitative estimate of drug-likeness (QED) is 0.817. The SMILES string of the molecule is Cc1cc(Nc2ccnc3c2CCC3)c(Cl)cc1N. The molecule has 98 valence electrons. The Hall–Kier alpha value is -1.74. The molecule has 1 aromatic carbocycles. The first kappa shape index (κ1) is 12.3. The fraction of sp³-hybridized carbons (Fsp3) is 0.267. The molecule has 3 rings (SSSR count). The van der Waals surface area contributed by atoms with Gasteiger partial charge in [0.15, 0.2) is 0 Å². The molecule has 1 aromatic heterocycles. The molecule has 3 nitrogen and oxygen atoms in total. The molecule has 4 heteroatoms. The van der Waals surface area contributed by atoms with E-state index in [9.17, 15) is 0 Å². The minimum Gasteiger partial charge on any atom is -0.398 e. The molecule has 19 heavy (non-hydrogen) atoms. The number of nitrogens with one attached hydrogen (secondary N) is 1. The summed E-state index contributed by atoms with van der Waals surface area (Å²) in [5, 5.41) is 4.06. The van der Waals surface area contributed by atoms with E-state index in [1.165, 1.54) is 17.7 Å². The van der Waals surface area contributed by atoms with Crippen LogP contribution in [-0.2, 0) is 12.8 Å². The Kier molecular flexibility index (Phi) is 3.07. The highest BCUT2D eigenvalue weighted by atomic mass is 35.5. The van der Waals surface area contributed by atoms with Crippen molar-refractivity contribution in [1.82, 2.24) is 4.98 Å². The normalized spacial score (nSPS) is 13.4. The second-order valence-electron chi connectivity index (χ2n) is 4.95. The highest BCUT2D eigenvalue weighted by molar-refractivity contribution is 6.33. The van der Waals surface area contributed by atoms with E-state index in [0.29, 0.717) is 5.02 Å². The highest BCUT2D eigenvalue weighted by Gasteiger charge is 2.16. The van der Waals surface area contributed by atoms with Crippen molar-refractivity contribution in [2.45, 2.75) is 26.2 Å². The second kappa shape index (κ2) is 4.74. The molecule has 0 radical (unpaired) electrons. The molecule has 1 aliphatic carbocycles. The van der Waals surface area contributed by atoms with Gasteiger partial charge in [0.1, 0.15) is 0 Å². The minimum absolute atomic E-state index is 0.645. The number of pyridine rings is 1. The lowest BCUT2D eigenvalue weighted by atomic mass is 10.1. The van der Waals surface area contributed by atoms with Gasteiger partial charge in [0.05, 0.1) is 10.7 Å². The van der Waals surface area contributed by atoms with E-state index in [1.807, 2.05) is 25.3 Å². The van der Waals surface area contributed by atoms with Crippen molar-refractivity contribution in [2.75, 3.05) is 11.1 Å². The van der Waals surface area contributed by atoms with Gasteiger partial charge in [-0.25, -0.2) is 0 Å². The number of hydrogen-bond donors (Lipinski definition) is 2. The van der Waals surface area contributed by atoms with E-state index in [4.69, 9.17) is 17.3 Å². The number of rotatable bonds is 2. The standard InChI is InChI=1S/C15H16ClN3/c1-9-7-15(11(16)8-12(9)17)19-14-5-6-18-13-4-2-3-10(13)14/h5-8H,2-4,17H2,1H3,(H,18,19). The van der Waals surface area contributed by atoms with Crippen LogP contribution in [0.25, 0.3) is 0 Å². The molecule has 0 atom stereocenters. The summed E-state index contributed by atoms with van der Waals surface area (Å²) in [6.07, 6.45) is 5.18. The molecular weight excluding hydrogens is 258 g/mol. The van der Waals surface area contributed by atoms with Crippen molar-refractivity contribution >= 4 is 28.7 Å². The number of anilines is 3. The largest absolute Gasteiger partial charge is 0.398 e. The Bertz CT molecular complexity index is 638. The first-order valence-corrected chi connectivity index (χ1v) is 6.82. The van der Waals surface area contributed by atoms with Crippen molar-refractivity contribution in [3.05, 3.63) is 46.2 Å². The van der Waals surface area contributed by atoms with Crippen LogP contribution >= 0.6 is 11.6 Å². The molecule has 0 saturated carbocycles. The van der Waals surface area contributed by atoms with Gasteiger partial charge in [-0.1, -0.05) is 11.6 Å². The van der Waals surface area contributed by atoms with E-state index in [2.05, 4.69) is 10.3 Å². The zero-order valence-electron chi connectivity index (χ0n) is 10.8. The first-order valence-electron chi connectivity index (χ1n) is 6.44. The Morgan fingerprint density at radius 2 is 2.11 bits per heavy atom. The van der Waals surface area contributed by atoms with E-state index in [1.54, 1.807) is 6.07 Å². The van der Waals surface area contributed by atoms with Crippen LogP contribution in [0.15, 0.2) is 24.4 Å². The van der Waals surface area contributed by atoms with Crippen molar-refractivity contribution in [2.24, 2.45) is 0 Å². The van der Waals surface area contributed by atoms with E-state index in [-0.39, 0.29) is 0 Å². The maximum atomic E-state index is 6.24. The third-order valence-electron chi connectivity index (χ3n) is 3.61. The van der Waals surface area contributed by atoms with Gasteiger partial charge >= 0.3 is 0 Å². The summed E-state index contributed by atoms with van der Waals surface area (Å²) >= 11 is 6.24. The summed E-state index contributed by atoms with van der Waals surface area (Å²) < 4.78 is 0. The average molecular weight is 274 g/mol. The molecule has 0 fully saturated rings. The molecule has 1 heterocycles. The van der Waals surface area contributed by atoms with Crippen LogP contribution in [0, 0.1) is 6.92 Å². The first-order chi connectivity index (χ1) is 9.15. The predicted molar refractivity (Wildman–Crippen MR) is 80.1 cm³/mol. The Balaban J connectivity index is 1.98. The molecule has 3 N–H and O–H groups in total. The Morgan fingerprint density at radius 3 is 2.95 bits per heavy atom. The minimum atomic E-state index is 0.645. The van der Waals surface area contributed by atoms with Gasteiger partial charge in [-0.05, 0) is 55.5 Å². The molecule has 0 bridgehead atoms. The topological polar surface area (TPSA) is 50.9 Å². The number of aromatic nitrogens is 1. The zero-order valence-corrected chi connectivity index (χ0v) is 11.6. The molecular formula is C15H16ClN3. The Labute approximate surface area is 117 Å². The Morgan fingerprint density at radius 1 is 1.26 bits per heavy atom. The van der Waals surface area contributed by atoms with Crippen LogP contribution in [0.4, 0.5) is 17.1 Å². The van der Waals surface area contributed by atoms with Crippen molar-refractivity contribution < 1.29 is 0 Å². The van der Waals surface area contributed by atoms with Crippen molar-refractivity contribution in [3.8, 4) is 0 Å². The van der Waals surface area contributed by atoms with Gasteiger partial charge in [0.25, 0.3) is 0 Å². The predicted octanol–water partition coefficient (Wildman–Crippen LogP) is 3.86. The van der Waals surface area contributed by atoms with Crippen LogP contribution in [0.3, 0.4) is 0 Å². The summed E-state index contributed by atoms with van der Waals surface area (Å²) in [5.41, 5.74) is 12.1. The number of fused-ring (bicyclic) bond motifs is 1. The summed E-state index contributed by atoms with van der Waals surface area (Å²) in [4.78, 5) is 4.42. The molecule has 2 aromatic rings. The maximum absolute atomic E-state index is 6.24. The molecule has 0 saturated heterocycles. The molecule has 0 spiro atoms.